The Kier molecular flexibility index (Phi) is 5.30. The van der Waals surface area contributed by atoms with E-state index in [0.717, 1.165) is 5.06 Å². The topological polar surface area (TPSA) is 38.8 Å². The summed E-state index contributed by atoms with van der Waals surface area (Å²) in [7, 11) is 2.61. The van der Waals surface area contributed by atoms with E-state index < -0.39 is 12.5 Å². The molecule has 0 aliphatic carbocycles. The fraction of sp³-hybridized carbons (Fsp3) is 0.300. The Morgan fingerprint density at radius 3 is 2.61 bits per heavy atom. The quantitative estimate of drug-likeness (QED) is 0.787. The van der Waals surface area contributed by atoms with Crippen LogP contribution in [0, 0.1) is 0 Å². The van der Waals surface area contributed by atoms with Gasteiger partial charge in [-0.2, -0.15) is 8.78 Å². The van der Waals surface area contributed by atoms with E-state index in [-0.39, 0.29) is 20.8 Å². The standard InChI is InChI=1S/C10H9BrClF2NO3/c1-15(17-2)9(16)6-3-5(12)4-7(11)8(6)18-10(13)14/h3-4,10H,1-2H3. The van der Waals surface area contributed by atoms with E-state index in [0.29, 0.717) is 0 Å². The Morgan fingerprint density at radius 1 is 1.50 bits per heavy atom. The van der Waals surface area contributed by atoms with Gasteiger partial charge in [0.2, 0.25) is 0 Å². The minimum Gasteiger partial charge on any atom is -0.433 e. The minimum absolute atomic E-state index is 0.126. The number of nitrogens with zero attached hydrogens (tertiary/aromatic N) is 1. The number of benzene rings is 1. The van der Waals surface area contributed by atoms with Gasteiger partial charge in [-0.25, -0.2) is 5.06 Å². The van der Waals surface area contributed by atoms with Crippen molar-refractivity contribution in [2.45, 2.75) is 6.61 Å². The number of ether oxygens (including phenoxy) is 1. The van der Waals surface area contributed by atoms with Gasteiger partial charge in [-0.1, -0.05) is 11.6 Å². The molecule has 0 radical (unpaired) electrons. The number of hydroxylamine groups is 2. The smallest absolute Gasteiger partial charge is 0.387 e. The molecule has 0 N–H and O–H groups in total. The molecule has 1 amide bonds. The van der Waals surface area contributed by atoms with Crippen LogP contribution >= 0.6 is 27.5 Å². The summed E-state index contributed by atoms with van der Waals surface area (Å²) in [5, 5.41) is 1.08. The number of hydrogen-bond donors (Lipinski definition) is 0. The van der Waals surface area contributed by atoms with Gasteiger partial charge in [0.25, 0.3) is 5.91 Å². The SMILES string of the molecule is CON(C)C(=O)c1cc(Cl)cc(Br)c1OC(F)F. The summed E-state index contributed by atoms with van der Waals surface area (Å²) >= 11 is 8.78. The van der Waals surface area contributed by atoms with E-state index in [1.54, 1.807) is 0 Å². The second kappa shape index (κ2) is 6.31. The maximum atomic E-state index is 12.3. The molecule has 8 heteroatoms. The molecule has 18 heavy (non-hydrogen) atoms. The van der Waals surface area contributed by atoms with Gasteiger partial charge in [-0.05, 0) is 28.1 Å². The third-order valence-corrected chi connectivity index (χ3v) is 2.81. The van der Waals surface area contributed by atoms with Crippen molar-refractivity contribution in [3.63, 3.8) is 0 Å². The molecule has 0 saturated carbocycles. The van der Waals surface area contributed by atoms with Crippen molar-refractivity contribution in [2.75, 3.05) is 14.2 Å². The third-order valence-electron chi connectivity index (χ3n) is 2.01. The fourth-order valence-corrected chi connectivity index (χ4v) is 2.08. The van der Waals surface area contributed by atoms with Crippen LogP contribution in [-0.4, -0.2) is 31.7 Å². The normalized spacial score (nSPS) is 10.6. The lowest BCUT2D eigenvalue weighted by Crippen LogP contribution is -2.26. The molecule has 0 fully saturated rings. The number of carbonyl (C=O) groups is 1. The van der Waals surface area contributed by atoms with Gasteiger partial charge >= 0.3 is 6.61 Å². The van der Waals surface area contributed by atoms with Crippen LogP contribution in [0.5, 0.6) is 5.75 Å². The predicted molar refractivity (Wildman–Crippen MR) is 64.9 cm³/mol. The van der Waals surface area contributed by atoms with Crippen LogP contribution in [0.2, 0.25) is 5.02 Å². The summed E-state index contributed by atoms with van der Waals surface area (Å²) in [6.45, 7) is -3.05. The molecule has 0 spiro atoms. The molecule has 1 aromatic rings. The van der Waals surface area contributed by atoms with Gasteiger partial charge < -0.3 is 4.74 Å². The maximum absolute atomic E-state index is 12.3. The number of hydrogen-bond acceptors (Lipinski definition) is 3. The average Bonchev–Trinajstić information content (AvgIpc) is 2.29. The van der Waals surface area contributed by atoms with Crippen LogP contribution in [0.1, 0.15) is 10.4 Å². The first-order chi connectivity index (χ1) is 8.36. The molecule has 100 valence electrons. The van der Waals surface area contributed by atoms with Crippen molar-refractivity contribution in [3.05, 3.63) is 27.2 Å². The van der Waals surface area contributed by atoms with Crippen molar-refractivity contribution >= 4 is 33.4 Å². The molecule has 0 aromatic heterocycles. The lowest BCUT2D eigenvalue weighted by molar-refractivity contribution is -0.0772. The van der Waals surface area contributed by atoms with E-state index in [1.165, 1.54) is 26.3 Å². The maximum Gasteiger partial charge on any atom is 0.387 e. The molecular weight excluding hydrogens is 335 g/mol. The summed E-state index contributed by atoms with van der Waals surface area (Å²) < 4.78 is 29.1. The van der Waals surface area contributed by atoms with Gasteiger partial charge in [-0.3, -0.25) is 9.63 Å². The molecule has 0 aliphatic rings. The molecule has 0 unspecified atom stereocenters. The third kappa shape index (κ3) is 3.54. The summed E-state index contributed by atoms with van der Waals surface area (Å²) in [5.74, 6) is -0.945. The molecule has 0 saturated heterocycles. The summed E-state index contributed by atoms with van der Waals surface area (Å²) in [4.78, 5) is 16.6. The molecule has 0 heterocycles. The monoisotopic (exact) mass is 343 g/mol. The van der Waals surface area contributed by atoms with Crippen LogP contribution in [0.25, 0.3) is 0 Å². The van der Waals surface area contributed by atoms with E-state index in [1.807, 2.05) is 0 Å². The van der Waals surface area contributed by atoms with E-state index in [9.17, 15) is 13.6 Å². The van der Waals surface area contributed by atoms with E-state index in [2.05, 4.69) is 25.5 Å². The van der Waals surface area contributed by atoms with Crippen LogP contribution in [0.3, 0.4) is 0 Å². The summed E-state index contributed by atoms with van der Waals surface area (Å²) in [6.07, 6.45) is 0. The molecule has 0 bridgehead atoms. The van der Waals surface area contributed by atoms with Gasteiger partial charge in [0, 0.05) is 12.1 Å². The van der Waals surface area contributed by atoms with Crippen LogP contribution in [-0.2, 0) is 4.84 Å². The van der Waals surface area contributed by atoms with Crippen molar-refractivity contribution in [1.82, 2.24) is 5.06 Å². The van der Waals surface area contributed by atoms with Crippen molar-refractivity contribution in [1.29, 1.82) is 0 Å². The Morgan fingerprint density at radius 2 is 2.11 bits per heavy atom. The van der Waals surface area contributed by atoms with E-state index in [4.69, 9.17) is 11.6 Å². The second-order valence-corrected chi connectivity index (χ2v) is 4.42. The number of amides is 1. The first-order valence-corrected chi connectivity index (χ1v) is 5.80. The first kappa shape index (κ1) is 15.1. The zero-order valence-corrected chi connectivity index (χ0v) is 11.8. The first-order valence-electron chi connectivity index (χ1n) is 4.62. The number of carbonyl (C=O) groups excluding carboxylic acids is 1. The number of alkyl halides is 2. The lowest BCUT2D eigenvalue weighted by atomic mass is 10.2. The highest BCUT2D eigenvalue weighted by Gasteiger charge is 2.22. The molecule has 0 aliphatic heterocycles. The Hall–Kier alpha value is -0.920. The van der Waals surface area contributed by atoms with Gasteiger partial charge in [0.05, 0.1) is 17.1 Å². The van der Waals surface area contributed by atoms with Crippen LogP contribution < -0.4 is 4.74 Å². The Labute approximate surface area is 115 Å². The second-order valence-electron chi connectivity index (χ2n) is 3.13. The van der Waals surface area contributed by atoms with Gasteiger partial charge in [0.15, 0.2) is 5.75 Å². The van der Waals surface area contributed by atoms with Crippen molar-refractivity contribution in [3.8, 4) is 5.75 Å². The molecular formula is C10H9BrClF2NO3. The number of rotatable bonds is 4. The highest BCUT2D eigenvalue weighted by Crippen LogP contribution is 2.34. The Bertz CT molecular complexity index is 459. The molecule has 4 nitrogen and oxygen atoms in total. The lowest BCUT2D eigenvalue weighted by Gasteiger charge is -2.17. The van der Waals surface area contributed by atoms with Crippen molar-refractivity contribution in [2.24, 2.45) is 0 Å². The molecule has 1 rings (SSSR count). The van der Waals surface area contributed by atoms with Gasteiger partial charge in [-0.15, -0.1) is 0 Å². The highest BCUT2D eigenvalue weighted by atomic mass is 79.9. The summed E-state index contributed by atoms with van der Waals surface area (Å²) in [5.41, 5.74) is -0.126. The van der Waals surface area contributed by atoms with Crippen molar-refractivity contribution < 1.29 is 23.1 Å². The van der Waals surface area contributed by atoms with Crippen LogP contribution in [0.4, 0.5) is 8.78 Å². The van der Waals surface area contributed by atoms with Crippen LogP contribution in [0.15, 0.2) is 16.6 Å². The minimum atomic E-state index is -3.05. The Balaban J connectivity index is 3.27. The average molecular weight is 345 g/mol. The summed E-state index contributed by atoms with van der Waals surface area (Å²) in [6, 6.07) is 2.57. The number of halogens is 4. The zero-order valence-electron chi connectivity index (χ0n) is 9.42. The molecule has 1 aromatic carbocycles. The highest BCUT2D eigenvalue weighted by molar-refractivity contribution is 9.10. The zero-order chi connectivity index (χ0) is 13.9. The fourth-order valence-electron chi connectivity index (χ4n) is 1.18. The van der Waals surface area contributed by atoms with Gasteiger partial charge in [0.1, 0.15) is 0 Å². The van der Waals surface area contributed by atoms with E-state index >= 15 is 0 Å². The molecule has 0 atom stereocenters. The largest absolute Gasteiger partial charge is 0.433 e. The predicted octanol–water partition coefficient (Wildman–Crippen LogP) is 3.34.